The predicted molar refractivity (Wildman–Crippen MR) is 94.9 cm³/mol. The van der Waals surface area contributed by atoms with Crippen LogP contribution in [-0.4, -0.2) is 0 Å². The lowest BCUT2D eigenvalue weighted by molar-refractivity contribution is 0.150. The molecule has 0 atom stereocenters. The highest BCUT2D eigenvalue weighted by Crippen LogP contribution is 2.22. The molecule has 0 aliphatic carbocycles. The van der Waals surface area contributed by atoms with Gasteiger partial charge in [0, 0.05) is 11.6 Å². The summed E-state index contributed by atoms with van der Waals surface area (Å²) in [5.74, 6) is -1.79. The van der Waals surface area contributed by atoms with Crippen LogP contribution in [0.25, 0.3) is 0 Å². The molecule has 2 aromatic rings. The summed E-state index contributed by atoms with van der Waals surface area (Å²) in [5.41, 5.74) is 0.602. The minimum Gasteiger partial charge on any atom is -0.207 e. The number of hydrogen-bond acceptors (Lipinski definition) is 0. The number of rotatable bonds is 1. The minimum atomic E-state index is -2.52. The normalized spacial score (nSPS) is 9.16. The molecule has 0 amide bonds. The summed E-state index contributed by atoms with van der Waals surface area (Å²) in [4.78, 5) is 0. The lowest BCUT2D eigenvalue weighted by Crippen LogP contribution is -1.89. The lowest BCUT2D eigenvalue weighted by atomic mass is 10.1. The molecule has 6 heteroatoms. The van der Waals surface area contributed by atoms with Gasteiger partial charge in [0.2, 0.25) is 0 Å². The highest BCUT2D eigenvalue weighted by molar-refractivity contribution is 6.31. The lowest BCUT2D eigenvalue weighted by Gasteiger charge is -2.02. The third-order valence-corrected chi connectivity index (χ3v) is 3.12. The molecule has 0 aliphatic heterocycles. The number of halogens is 6. The molecule has 0 fully saturated rings. The molecule has 0 heterocycles. The van der Waals surface area contributed by atoms with Crippen LogP contribution in [0.3, 0.4) is 0 Å². The molecule has 0 saturated heterocycles. The minimum absolute atomic E-state index is 0.0126. The van der Waals surface area contributed by atoms with Crippen molar-refractivity contribution in [1.29, 1.82) is 0 Å². The first-order valence-electron chi connectivity index (χ1n) is 7.87. The Hall–Kier alpha value is -1.62. The molecule has 0 nitrogen and oxygen atoms in total. The van der Waals surface area contributed by atoms with Gasteiger partial charge in [-0.15, -0.1) is 0 Å². The van der Waals surface area contributed by atoms with E-state index in [-0.39, 0.29) is 10.6 Å². The largest absolute Gasteiger partial charge is 0.264 e. The van der Waals surface area contributed by atoms with Gasteiger partial charge in [0.05, 0.1) is 5.02 Å². The van der Waals surface area contributed by atoms with Crippen LogP contribution in [0.2, 0.25) is 5.02 Å². The number of benzene rings is 2. The zero-order valence-electron chi connectivity index (χ0n) is 15.2. The van der Waals surface area contributed by atoms with Gasteiger partial charge >= 0.3 is 0 Å². The molecular weight excluding hydrogens is 359 g/mol. The summed E-state index contributed by atoms with van der Waals surface area (Å²) in [7, 11) is 0. The van der Waals surface area contributed by atoms with Crippen molar-refractivity contribution in [2.45, 2.75) is 48.0 Å². The Labute approximate surface area is 151 Å². The van der Waals surface area contributed by atoms with Crippen LogP contribution in [0.15, 0.2) is 30.3 Å². The summed E-state index contributed by atoms with van der Waals surface area (Å²) < 4.78 is 61.2. The summed E-state index contributed by atoms with van der Waals surface area (Å²) in [6, 6.07) is 5.19. The second-order valence-corrected chi connectivity index (χ2v) is 4.70. The smallest absolute Gasteiger partial charge is 0.207 e. The van der Waals surface area contributed by atoms with E-state index in [4.69, 9.17) is 11.6 Å². The van der Waals surface area contributed by atoms with Gasteiger partial charge in [-0.1, -0.05) is 45.4 Å². The van der Waals surface area contributed by atoms with Gasteiger partial charge < -0.3 is 0 Å². The monoisotopic (exact) mass is 382 g/mol. The first kappa shape index (κ1) is 25.6. The average Bonchev–Trinajstić information content (AvgIpc) is 2.56. The Morgan fingerprint density at radius 2 is 1.24 bits per heavy atom. The fraction of sp³-hybridized carbons (Fsp3) is 0.368. The predicted octanol–water partition coefficient (Wildman–Crippen LogP) is 8.05. The Bertz CT molecular complexity index is 604. The first-order chi connectivity index (χ1) is 11.7. The molecule has 0 spiro atoms. The molecule has 0 saturated carbocycles. The van der Waals surface area contributed by atoms with Crippen molar-refractivity contribution in [2.24, 2.45) is 0 Å². The Morgan fingerprint density at radius 1 is 0.760 bits per heavy atom. The van der Waals surface area contributed by atoms with E-state index in [2.05, 4.69) is 0 Å². The fourth-order valence-electron chi connectivity index (χ4n) is 1.57. The summed E-state index contributed by atoms with van der Waals surface area (Å²) >= 11 is 5.41. The van der Waals surface area contributed by atoms with Crippen molar-refractivity contribution in [3.63, 3.8) is 0 Å². The van der Waals surface area contributed by atoms with Gasteiger partial charge in [-0.2, -0.15) is 0 Å². The Kier molecular flexibility index (Phi) is 14.0. The maximum Gasteiger partial charge on any atom is 0.264 e. The maximum atomic E-state index is 12.5. The van der Waals surface area contributed by atoms with E-state index in [1.807, 2.05) is 27.7 Å². The average molecular weight is 383 g/mol. The van der Waals surface area contributed by atoms with Gasteiger partial charge in [0.1, 0.15) is 17.5 Å². The third-order valence-electron chi connectivity index (χ3n) is 2.64. The molecule has 0 N–H and O–H groups in total. The molecule has 25 heavy (non-hydrogen) atoms. The van der Waals surface area contributed by atoms with Crippen LogP contribution in [-0.2, 0) is 0 Å². The van der Waals surface area contributed by atoms with E-state index >= 15 is 0 Å². The van der Waals surface area contributed by atoms with E-state index in [0.717, 1.165) is 24.3 Å². The fourth-order valence-corrected chi connectivity index (χ4v) is 1.68. The third kappa shape index (κ3) is 9.44. The van der Waals surface area contributed by atoms with E-state index in [1.165, 1.54) is 13.0 Å². The molecule has 2 rings (SSSR count). The van der Waals surface area contributed by atoms with Crippen molar-refractivity contribution in [1.82, 2.24) is 0 Å². The topological polar surface area (TPSA) is 0 Å². The number of aryl methyl sites for hydroxylation is 2. The molecule has 0 unspecified atom stereocenters. The van der Waals surface area contributed by atoms with Crippen LogP contribution in [0, 0.1) is 31.3 Å². The van der Waals surface area contributed by atoms with Crippen molar-refractivity contribution >= 4 is 11.6 Å². The van der Waals surface area contributed by atoms with Gasteiger partial charge in [-0.3, -0.25) is 0 Å². The standard InChI is InChI=1S/C8H7F3.C7H5ClF2.2C2H6/c1-5-4-6(9)2-3-7(5)8(10)11;1-4-2-5(9)3-6(10)7(4)8;2*1-2/h2-4,8H,1H3;2-3H,1H3;2*1-2H3. The van der Waals surface area contributed by atoms with Gasteiger partial charge in [0.15, 0.2) is 0 Å². The highest BCUT2D eigenvalue weighted by Gasteiger charge is 2.09. The Morgan fingerprint density at radius 3 is 1.64 bits per heavy atom. The number of alkyl halides is 2. The highest BCUT2D eigenvalue weighted by atomic mass is 35.5. The molecule has 142 valence electrons. The van der Waals surface area contributed by atoms with Crippen LogP contribution < -0.4 is 0 Å². The van der Waals surface area contributed by atoms with E-state index < -0.39 is 23.9 Å². The molecule has 0 bridgehead atoms. The van der Waals surface area contributed by atoms with Crippen molar-refractivity contribution in [3.05, 3.63) is 69.5 Å². The SMILES string of the molecule is CC.CC.Cc1cc(F)cc(F)c1Cl.Cc1cc(F)ccc1C(F)F. The van der Waals surface area contributed by atoms with Crippen LogP contribution in [0.5, 0.6) is 0 Å². The van der Waals surface area contributed by atoms with Gasteiger partial charge in [0.25, 0.3) is 6.43 Å². The second kappa shape index (κ2) is 13.6. The second-order valence-electron chi connectivity index (χ2n) is 4.32. The Balaban J connectivity index is 0. The van der Waals surface area contributed by atoms with Crippen LogP contribution in [0.4, 0.5) is 22.0 Å². The van der Waals surface area contributed by atoms with E-state index in [9.17, 15) is 22.0 Å². The van der Waals surface area contributed by atoms with E-state index in [1.54, 1.807) is 6.92 Å². The summed E-state index contributed by atoms with van der Waals surface area (Å²) in [6.07, 6.45) is -2.52. The zero-order chi connectivity index (χ0) is 20.2. The van der Waals surface area contributed by atoms with Crippen LogP contribution >= 0.6 is 11.6 Å². The molecule has 0 aromatic heterocycles. The molecule has 0 aliphatic rings. The molecule has 2 aromatic carbocycles. The van der Waals surface area contributed by atoms with E-state index in [0.29, 0.717) is 11.1 Å². The summed E-state index contributed by atoms with van der Waals surface area (Å²) in [5, 5.41) is -0.0126. The van der Waals surface area contributed by atoms with Crippen LogP contribution in [0.1, 0.15) is 50.8 Å². The maximum absolute atomic E-state index is 12.5. The number of hydrogen-bond donors (Lipinski definition) is 0. The quantitative estimate of drug-likeness (QED) is 0.345. The first-order valence-corrected chi connectivity index (χ1v) is 8.25. The van der Waals surface area contributed by atoms with Gasteiger partial charge in [-0.25, -0.2) is 22.0 Å². The van der Waals surface area contributed by atoms with Crippen molar-refractivity contribution < 1.29 is 22.0 Å². The van der Waals surface area contributed by atoms with Gasteiger partial charge in [-0.05, 0) is 43.2 Å². The molecular formula is C19H24ClF5. The zero-order valence-corrected chi connectivity index (χ0v) is 16.0. The molecule has 0 radical (unpaired) electrons. The summed E-state index contributed by atoms with van der Waals surface area (Å²) in [6.45, 7) is 11.0. The van der Waals surface area contributed by atoms with Crippen molar-refractivity contribution in [3.8, 4) is 0 Å². The van der Waals surface area contributed by atoms with Crippen molar-refractivity contribution in [2.75, 3.05) is 0 Å².